The van der Waals surface area contributed by atoms with Crippen LogP contribution >= 0.6 is 23.5 Å². The minimum absolute atomic E-state index is 0.224. The fraction of sp³-hybridized carbons (Fsp3) is 0.600. The maximum absolute atomic E-state index is 14.8. The molecule has 19 nitrogen and oxygen atoms in total. The average Bonchev–Trinajstić information content (AvgIpc) is 2.88. The largest absolute Gasteiger partial charge is 0.490 e. The molecule has 1 aromatic rings. The van der Waals surface area contributed by atoms with Gasteiger partial charge in [-0.15, -0.1) is 0 Å². The van der Waals surface area contributed by atoms with Crippen LogP contribution in [0.1, 0.15) is 6.23 Å². The molecule has 0 aliphatic carbocycles. The lowest BCUT2D eigenvalue weighted by atomic mass is 9.97. The molecule has 0 bridgehead atoms. The van der Waals surface area contributed by atoms with Crippen LogP contribution < -0.4 is 11.4 Å². The molecule has 0 saturated carbocycles. The van der Waals surface area contributed by atoms with Gasteiger partial charge in [0.15, 0.2) is 12.4 Å². The molecule has 7 N–H and O–H groups in total. The van der Waals surface area contributed by atoms with E-state index in [1.807, 2.05) is 0 Å². The molecule has 1 aliphatic rings. The molecule has 23 heteroatoms. The number of azide groups is 1. The Morgan fingerprint density at radius 2 is 1.94 bits per heavy atom. The number of ether oxygens (including phenoxy) is 1. The fourth-order valence-corrected chi connectivity index (χ4v) is 5.67. The van der Waals surface area contributed by atoms with Crippen molar-refractivity contribution in [1.29, 1.82) is 0 Å². The second kappa shape index (κ2) is 9.85. The first-order valence-electron chi connectivity index (χ1n) is 8.15. The highest BCUT2D eigenvalue weighted by Gasteiger charge is 2.57. The van der Waals surface area contributed by atoms with Crippen LogP contribution in [-0.4, -0.2) is 65.3 Å². The van der Waals surface area contributed by atoms with Crippen LogP contribution in [0.3, 0.4) is 0 Å². The van der Waals surface area contributed by atoms with Crippen molar-refractivity contribution in [2.75, 3.05) is 18.9 Å². The lowest BCUT2D eigenvalue weighted by Gasteiger charge is -2.30. The number of nitrogen functional groups attached to an aromatic ring is 1. The summed E-state index contributed by atoms with van der Waals surface area (Å²) in [5.74, 6) is -0.224. The van der Waals surface area contributed by atoms with E-state index in [4.69, 9.17) is 30.7 Å². The smallest absolute Gasteiger partial charge is 0.387 e. The fourth-order valence-electron chi connectivity index (χ4n) is 2.59. The van der Waals surface area contributed by atoms with E-state index in [2.05, 4.69) is 28.2 Å². The van der Waals surface area contributed by atoms with E-state index in [-0.39, 0.29) is 5.82 Å². The third kappa shape index (κ3) is 7.11. The van der Waals surface area contributed by atoms with Gasteiger partial charge in [0.2, 0.25) is 0 Å². The van der Waals surface area contributed by atoms with Crippen molar-refractivity contribution in [1.82, 2.24) is 9.55 Å². The van der Waals surface area contributed by atoms with Gasteiger partial charge in [-0.1, -0.05) is 5.11 Å². The molecule has 1 aromatic heterocycles. The van der Waals surface area contributed by atoms with Gasteiger partial charge in [0, 0.05) is 11.1 Å². The number of aromatic nitrogens is 2. The first-order valence-corrected chi connectivity index (χ1v) is 12.7. The molecular weight excluding hydrogens is 524 g/mol. The van der Waals surface area contributed by atoms with E-state index in [0.717, 1.165) is 12.3 Å². The van der Waals surface area contributed by atoms with E-state index >= 15 is 0 Å². The predicted molar refractivity (Wildman–Crippen MR) is 100 cm³/mol. The minimum Gasteiger partial charge on any atom is -0.387 e. The molecule has 2 rings (SSSR count). The summed E-state index contributed by atoms with van der Waals surface area (Å²) in [6.45, 7) is -2.31. The number of hydrogen-bond acceptors (Lipinski definition) is 12. The van der Waals surface area contributed by atoms with Crippen molar-refractivity contribution < 1.29 is 60.6 Å². The van der Waals surface area contributed by atoms with Gasteiger partial charge in [-0.2, -0.15) is 13.6 Å². The SMILES string of the molecule is [N-]=[N+]=NC[C@]1(COP(=O)(O)OP(=O)(O)OP(=O)(O)O)O[C@@H](n2ccc(N)nc2=O)[C@@H](F)[C@@H]1O. The van der Waals surface area contributed by atoms with Crippen LogP contribution in [0.2, 0.25) is 0 Å². The highest BCUT2D eigenvalue weighted by atomic mass is 31.3. The first-order chi connectivity index (χ1) is 15.0. The summed E-state index contributed by atoms with van der Waals surface area (Å²) in [6.07, 6.45) is -5.66. The summed E-state index contributed by atoms with van der Waals surface area (Å²) in [6, 6.07) is 1.09. The Hall–Kier alpha value is -1.75. The summed E-state index contributed by atoms with van der Waals surface area (Å²) < 4.78 is 66.1. The van der Waals surface area contributed by atoms with Crippen molar-refractivity contribution in [2.24, 2.45) is 5.11 Å². The molecule has 1 aliphatic heterocycles. The monoisotopic (exact) mass is 540 g/mol. The Balaban J connectivity index is 2.30. The topological polar surface area (TPSA) is 299 Å². The second-order valence-electron chi connectivity index (χ2n) is 6.26. The number of aliphatic hydroxyl groups is 1. The van der Waals surface area contributed by atoms with Gasteiger partial charge in [0.1, 0.15) is 17.5 Å². The molecule has 2 unspecified atom stereocenters. The van der Waals surface area contributed by atoms with Gasteiger partial charge in [0.25, 0.3) is 0 Å². The summed E-state index contributed by atoms with van der Waals surface area (Å²) >= 11 is 0. The summed E-state index contributed by atoms with van der Waals surface area (Å²) in [5, 5.41) is 13.4. The third-order valence-corrected chi connectivity index (χ3v) is 7.67. The zero-order valence-corrected chi connectivity index (χ0v) is 18.5. The first kappa shape index (κ1) is 27.5. The van der Waals surface area contributed by atoms with Crippen LogP contribution in [-0.2, 0) is 31.6 Å². The van der Waals surface area contributed by atoms with Crippen molar-refractivity contribution in [3.63, 3.8) is 0 Å². The quantitative estimate of drug-likeness (QED) is 0.0938. The van der Waals surface area contributed by atoms with Crippen LogP contribution in [0, 0.1) is 0 Å². The van der Waals surface area contributed by atoms with E-state index < -0.39 is 66.4 Å². The van der Waals surface area contributed by atoms with Crippen LogP contribution in [0.4, 0.5) is 10.2 Å². The van der Waals surface area contributed by atoms with Gasteiger partial charge in [-0.25, -0.2) is 22.9 Å². The zero-order valence-electron chi connectivity index (χ0n) is 15.8. The summed E-state index contributed by atoms with van der Waals surface area (Å²) in [5.41, 5.74) is 10.3. The number of hydrogen-bond donors (Lipinski definition) is 6. The summed E-state index contributed by atoms with van der Waals surface area (Å²) in [7, 11) is -17.2. The van der Waals surface area contributed by atoms with Crippen LogP contribution in [0.15, 0.2) is 22.2 Å². The van der Waals surface area contributed by atoms with Gasteiger partial charge in [-0.05, 0) is 11.6 Å². The van der Waals surface area contributed by atoms with Gasteiger partial charge < -0.3 is 35.2 Å². The van der Waals surface area contributed by atoms with E-state index in [1.165, 1.54) is 0 Å². The molecule has 1 fully saturated rings. The van der Waals surface area contributed by atoms with Crippen molar-refractivity contribution >= 4 is 29.3 Å². The second-order valence-corrected chi connectivity index (χ2v) is 10.7. The van der Waals surface area contributed by atoms with Gasteiger partial charge in [-0.3, -0.25) is 9.09 Å². The number of phosphoric ester groups is 1. The Kier molecular flexibility index (Phi) is 8.21. The maximum atomic E-state index is 14.8. The molecule has 1 saturated heterocycles. The van der Waals surface area contributed by atoms with Gasteiger partial charge in [0.05, 0.1) is 13.2 Å². The normalized spacial score (nSPS) is 29.1. The van der Waals surface area contributed by atoms with Crippen molar-refractivity contribution in [3.8, 4) is 0 Å². The Bertz CT molecular complexity index is 1140. The number of nitrogens with two attached hydrogens (primary N) is 1. The standard InChI is InChI=1S/C10H16FN6O13P3/c11-6-7(18)10(3-14-16-13,28-8(6)17-2-1-5(12)15-9(17)19)4-27-32(23,24)30-33(25,26)29-31(20,21)22/h1-2,6-8,18H,3-4H2,(H,23,24)(H,25,26)(H2,12,15,19)(H2,20,21,22)/t6-,7-,8+,10+/m0/s1. The average molecular weight is 540 g/mol. The minimum atomic E-state index is -5.86. The molecule has 2 heterocycles. The third-order valence-electron chi connectivity index (χ3n) is 3.88. The Morgan fingerprint density at radius 1 is 1.30 bits per heavy atom. The molecule has 6 atom stereocenters. The molecule has 0 aromatic carbocycles. The number of aliphatic hydroxyl groups excluding tert-OH is 1. The summed E-state index contributed by atoms with van der Waals surface area (Å²) in [4.78, 5) is 53.5. The number of nitrogens with zero attached hydrogens (tertiary/aromatic N) is 5. The van der Waals surface area contributed by atoms with Crippen molar-refractivity contribution in [2.45, 2.75) is 24.1 Å². The number of rotatable bonds is 10. The molecule has 0 amide bonds. The predicted octanol–water partition coefficient (Wildman–Crippen LogP) is -0.554. The maximum Gasteiger partial charge on any atom is 0.490 e. The van der Waals surface area contributed by atoms with Crippen molar-refractivity contribution in [3.05, 3.63) is 33.2 Å². The molecular formula is C10H16FN6O13P3. The molecule has 186 valence electrons. The van der Waals surface area contributed by atoms with Crippen LogP contribution in [0.5, 0.6) is 0 Å². The number of halogens is 1. The lowest BCUT2D eigenvalue weighted by molar-refractivity contribution is -0.120. The molecule has 0 radical (unpaired) electrons. The van der Waals surface area contributed by atoms with Gasteiger partial charge >= 0.3 is 29.2 Å². The van der Waals surface area contributed by atoms with E-state index in [0.29, 0.717) is 4.57 Å². The zero-order chi connectivity index (χ0) is 25.2. The molecule has 0 spiro atoms. The number of anilines is 1. The highest BCUT2D eigenvalue weighted by molar-refractivity contribution is 7.66. The Labute approximate surface area is 181 Å². The Morgan fingerprint density at radius 3 is 2.48 bits per heavy atom. The molecule has 33 heavy (non-hydrogen) atoms. The van der Waals surface area contributed by atoms with E-state index in [9.17, 15) is 32.9 Å². The highest BCUT2D eigenvalue weighted by Crippen LogP contribution is 2.66. The number of phosphoric acid groups is 3. The van der Waals surface area contributed by atoms with Crippen LogP contribution in [0.25, 0.3) is 10.4 Å². The van der Waals surface area contributed by atoms with E-state index in [1.54, 1.807) is 0 Å². The lowest BCUT2D eigenvalue weighted by Crippen LogP contribution is -2.48. The number of alkyl halides is 1.